The molecular formula is C11H10N4O2. The molecule has 0 aliphatic carbocycles. The van der Waals surface area contributed by atoms with Gasteiger partial charge >= 0.3 is 0 Å². The van der Waals surface area contributed by atoms with Crippen molar-refractivity contribution in [2.75, 3.05) is 5.32 Å². The van der Waals surface area contributed by atoms with Gasteiger partial charge in [-0.3, -0.25) is 9.48 Å². The van der Waals surface area contributed by atoms with Crippen LogP contribution in [0.2, 0.25) is 0 Å². The fourth-order valence-electron chi connectivity index (χ4n) is 1.41. The maximum Gasteiger partial charge on any atom is 0.260 e. The van der Waals surface area contributed by atoms with Gasteiger partial charge in [-0.1, -0.05) is 0 Å². The van der Waals surface area contributed by atoms with E-state index in [1.54, 1.807) is 20.0 Å². The second kappa shape index (κ2) is 4.14. The highest BCUT2D eigenvalue weighted by molar-refractivity contribution is 6.04. The number of hydrogen-bond donors (Lipinski definition) is 1. The van der Waals surface area contributed by atoms with Gasteiger partial charge in [-0.2, -0.15) is 10.4 Å². The van der Waals surface area contributed by atoms with Crippen molar-refractivity contribution >= 4 is 11.7 Å². The molecule has 0 saturated carbocycles. The zero-order valence-corrected chi connectivity index (χ0v) is 9.39. The first-order chi connectivity index (χ1) is 8.11. The molecule has 2 rings (SSSR count). The number of aryl methyl sites for hydroxylation is 2. The Balaban J connectivity index is 2.24. The van der Waals surface area contributed by atoms with Crippen molar-refractivity contribution in [2.45, 2.75) is 6.92 Å². The quantitative estimate of drug-likeness (QED) is 0.846. The molecule has 17 heavy (non-hydrogen) atoms. The number of amides is 1. The summed E-state index contributed by atoms with van der Waals surface area (Å²) in [4.78, 5) is 11.8. The van der Waals surface area contributed by atoms with Crippen LogP contribution in [0.3, 0.4) is 0 Å². The van der Waals surface area contributed by atoms with Crippen molar-refractivity contribution < 1.29 is 9.21 Å². The lowest BCUT2D eigenvalue weighted by Crippen LogP contribution is -2.14. The fraction of sp³-hybridized carbons (Fsp3) is 0.182. The summed E-state index contributed by atoms with van der Waals surface area (Å²) in [5.74, 6) is 0.693. The van der Waals surface area contributed by atoms with Gasteiger partial charge in [-0.25, -0.2) is 0 Å². The Morgan fingerprint density at radius 3 is 3.00 bits per heavy atom. The van der Waals surface area contributed by atoms with Gasteiger partial charge in [0.05, 0.1) is 11.8 Å². The molecule has 0 saturated heterocycles. The largest absolute Gasteiger partial charge is 0.469 e. The van der Waals surface area contributed by atoms with Crippen molar-refractivity contribution in [3.8, 4) is 6.07 Å². The van der Waals surface area contributed by atoms with E-state index in [9.17, 15) is 4.79 Å². The van der Waals surface area contributed by atoms with Crippen LogP contribution in [0.4, 0.5) is 5.82 Å². The molecule has 0 aliphatic rings. The van der Waals surface area contributed by atoms with E-state index >= 15 is 0 Å². The fourth-order valence-corrected chi connectivity index (χ4v) is 1.41. The lowest BCUT2D eigenvalue weighted by atomic mass is 10.3. The van der Waals surface area contributed by atoms with E-state index < -0.39 is 0 Å². The van der Waals surface area contributed by atoms with E-state index in [1.807, 2.05) is 6.07 Å². The van der Waals surface area contributed by atoms with Crippen molar-refractivity contribution in [1.82, 2.24) is 9.78 Å². The summed E-state index contributed by atoms with van der Waals surface area (Å²) in [5, 5.41) is 15.4. The summed E-state index contributed by atoms with van der Waals surface area (Å²) in [6.07, 6.45) is 2.77. The predicted molar refractivity (Wildman–Crippen MR) is 59.3 cm³/mol. The number of nitrogens with one attached hydrogen (secondary N) is 1. The zero-order valence-electron chi connectivity index (χ0n) is 9.39. The first-order valence-corrected chi connectivity index (χ1v) is 4.90. The Labute approximate surface area is 97.5 Å². The molecule has 2 aromatic rings. The first kappa shape index (κ1) is 11.0. The normalized spacial score (nSPS) is 9.94. The molecule has 1 amide bonds. The summed E-state index contributed by atoms with van der Waals surface area (Å²) >= 11 is 0. The number of rotatable bonds is 2. The molecule has 0 radical (unpaired) electrons. The van der Waals surface area contributed by atoms with Gasteiger partial charge in [0.25, 0.3) is 5.91 Å². The smallest absolute Gasteiger partial charge is 0.260 e. The molecule has 0 spiro atoms. The molecule has 0 fully saturated rings. The maximum atomic E-state index is 11.8. The number of aromatic nitrogens is 2. The van der Waals surface area contributed by atoms with Crippen LogP contribution in [0, 0.1) is 18.3 Å². The molecular weight excluding hydrogens is 220 g/mol. The van der Waals surface area contributed by atoms with Gasteiger partial charge in [0, 0.05) is 7.05 Å². The van der Waals surface area contributed by atoms with Crippen LogP contribution in [0.5, 0.6) is 0 Å². The molecule has 0 aliphatic heterocycles. The molecule has 2 aromatic heterocycles. The highest BCUT2D eigenvalue weighted by atomic mass is 16.3. The van der Waals surface area contributed by atoms with E-state index in [0.29, 0.717) is 22.7 Å². The highest BCUT2D eigenvalue weighted by Crippen LogP contribution is 2.15. The minimum Gasteiger partial charge on any atom is -0.469 e. The Bertz CT molecular complexity index is 603. The number of hydrogen-bond acceptors (Lipinski definition) is 4. The number of anilines is 1. The number of carbonyl (C=O) groups is 1. The van der Waals surface area contributed by atoms with Crippen LogP contribution >= 0.6 is 0 Å². The van der Waals surface area contributed by atoms with Crippen LogP contribution in [-0.2, 0) is 7.05 Å². The molecule has 6 nitrogen and oxygen atoms in total. The SMILES string of the molecule is Cc1cc(C(=O)Nc2c(C#N)cnn2C)co1. The van der Waals surface area contributed by atoms with Crippen LogP contribution < -0.4 is 5.32 Å². The van der Waals surface area contributed by atoms with Crippen molar-refractivity contribution in [3.63, 3.8) is 0 Å². The van der Waals surface area contributed by atoms with Crippen LogP contribution in [0.1, 0.15) is 21.7 Å². The number of furan rings is 1. The molecule has 0 unspecified atom stereocenters. The third kappa shape index (κ3) is 2.03. The summed E-state index contributed by atoms with van der Waals surface area (Å²) in [7, 11) is 1.65. The van der Waals surface area contributed by atoms with Gasteiger partial charge in [0.15, 0.2) is 0 Å². The van der Waals surface area contributed by atoms with Gasteiger partial charge in [-0.05, 0) is 13.0 Å². The first-order valence-electron chi connectivity index (χ1n) is 4.90. The second-order valence-corrected chi connectivity index (χ2v) is 3.54. The van der Waals surface area contributed by atoms with Gasteiger partial charge in [0.1, 0.15) is 29.5 Å². The lowest BCUT2D eigenvalue weighted by Gasteiger charge is -2.03. The predicted octanol–water partition coefficient (Wildman–Crippen LogP) is 1.45. The third-order valence-corrected chi connectivity index (χ3v) is 2.28. The Morgan fingerprint density at radius 2 is 2.41 bits per heavy atom. The minimum atomic E-state index is -0.332. The zero-order chi connectivity index (χ0) is 12.4. The van der Waals surface area contributed by atoms with E-state index in [2.05, 4.69) is 10.4 Å². The summed E-state index contributed by atoms with van der Waals surface area (Å²) in [5.41, 5.74) is 0.730. The third-order valence-electron chi connectivity index (χ3n) is 2.28. The van der Waals surface area contributed by atoms with Gasteiger partial charge in [0.2, 0.25) is 0 Å². The summed E-state index contributed by atoms with van der Waals surface area (Å²) in [6, 6.07) is 3.58. The molecule has 6 heteroatoms. The monoisotopic (exact) mass is 230 g/mol. The maximum absolute atomic E-state index is 11.8. The Hall–Kier alpha value is -2.55. The molecule has 1 N–H and O–H groups in total. The summed E-state index contributed by atoms with van der Waals surface area (Å²) < 4.78 is 6.48. The van der Waals surface area contributed by atoms with E-state index in [4.69, 9.17) is 9.68 Å². The van der Waals surface area contributed by atoms with Crippen molar-refractivity contribution in [2.24, 2.45) is 7.05 Å². The second-order valence-electron chi connectivity index (χ2n) is 3.54. The van der Waals surface area contributed by atoms with Crippen LogP contribution in [0.25, 0.3) is 0 Å². The molecule has 0 aromatic carbocycles. The molecule has 2 heterocycles. The van der Waals surface area contributed by atoms with Crippen molar-refractivity contribution in [1.29, 1.82) is 5.26 Å². The Kier molecular flexibility index (Phi) is 2.66. The minimum absolute atomic E-state index is 0.320. The van der Waals surface area contributed by atoms with E-state index in [1.165, 1.54) is 17.1 Å². The number of nitriles is 1. The average Bonchev–Trinajstić information content (AvgIpc) is 2.87. The Morgan fingerprint density at radius 1 is 1.65 bits per heavy atom. The number of carbonyl (C=O) groups excluding carboxylic acids is 1. The summed E-state index contributed by atoms with van der Waals surface area (Å²) in [6.45, 7) is 1.75. The average molecular weight is 230 g/mol. The van der Waals surface area contributed by atoms with Gasteiger partial charge < -0.3 is 9.73 Å². The van der Waals surface area contributed by atoms with Crippen molar-refractivity contribution in [3.05, 3.63) is 35.4 Å². The van der Waals surface area contributed by atoms with Crippen LogP contribution in [0.15, 0.2) is 22.9 Å². The van der Waals surface area contributed by atoms with E-state index in [-0.39, 0.29) is 5.91 Å². The highest BCUT2D eigenvalue weighted by Gasteiger charge is 2.14. The topological polar surface area (TPSA) is 83.9 Å². The van der Waals surface area contributed by atoms with Crippen LogP contribution in [-0.4, -0.2) is 15.7 Å². The van der Waals surface area contributed by atoms with Gasteiger partial charge in [-0.15, -0.1) is 0 Å². The standard InChI is InChI=1S/C11H10N4O2/c1-7-3-8(6-17-7)11(16)14-10-9(4-12)5-13-15(10)2/h3,5-6H,1-2H3,(H,14,16). The van der Waals surface area contributed by atoms with E-state index in [0.717, 1.165) is 0 Å². The molecule has 0 atom stereocenters. The molecule has 0 bridgehead atoms. The molecule has 86 valence electrons. The number of nitrogens with zero attached hydrogens (tertiary/aromatic N) is 3. The lowest BCUT2D eigenvalue weighted by molar-refractivity contribution is 0.102.